The number of hydrogen-bond donors (Lipinski definition) is 0. The summed E-state index contributed by atoms with van der Waals surface area (Å²) in [6.07, 6.45) is 6.51. The molecule has 1 nitrogen and oxygen atoms in total. The van der Waals surface area contributed by atoms with E-state index in [9.17, 15) is 0 Å². The van der Waals surface area contributed by atoms with Gasteiger partial charge in [-0.2, -0.15) is 0 Å². The fourth-order valence-electron chi connectivity index (χ4n) is 2.14. The Balaban J connectivity index is 2.94. The van der Waals surface area contributed by atoms with Gasteiger partial charge in [0.15, 0.2) is 0 Å². The maximum absolute atomic E-state index is 5.85. The van der Waals surface area contributed by atoms with Gasteiger partial charge in [-0.3, -0.25) is 0 Å². The first kappa shape index (κ1) is 15.8. The maximum Gasteiger partial charge on any atom is 0.122 e. The topological polar surface area (TPSA) is 9.23 Å². The molecular weight excluding hydrogens is 232 g/mol. The van der Waals surface area contributed by atoms with Crippen LogP contribution in [-0.2, 0) is 0 Å². The van der Waals surface area contributed by atoms with Gasteiger partial charge < -0.3 is 4.74 Å². The van der Waals surface area contributed by atoms with Gasteiger partial charge in [0.05, 0.1) is 6.61 Å². The molecule has 0 heterocycles. The Hall–Kier alpha value is -1.24. The van der Waals surface area contributed by atoms with Crippen LogP contribution in [0.15, 0.2) is 30.4 Å². The van der Waals surface area contributed by atoms with Crippen LogP contribution in [0.4, 0.5) is 0 Å². The van der Waals surface area contributed by atoms with Crippen molar-refractivity contribution in [1.82, 2.24) is 0 Å². The van der Waals surface area contributed by atoms with Crippen molar-refractivity contribution < 1.29 is 4.74 Å². The van der Waals surface area contributed by atoms with Crippen LogP contribution >= 0.6 is 0 Å². The van der Waals surface area contributed by atoms with E-state index in [0.717, 1.165) is 25.2 Å². The highest BCUT2D eigenvalue weighted by molar-refractivity contribution is 5.40. The Kier molecular flexibility index (Phi) is 6.69. The van der Waals surface area contributed by atoms with Gasteiger partial charge in [-0.25, -0.2) is 0 Å². The molecular formula is C18H28O. The zero-order valence-electron chi connectivity index (χ0n) is 13.1. The molecule has 0 amide bonds. The van der Waals surface area contributed by atoms with Crippen molar-refractivity contribution in [2.45, 2.75) is 59.3 Å². The molecule has 1 rings (SSSR count). The lowest BCUT2D eigenvalue weighted by molar-refractivity contribution is 0.313. The molecule has 1 unspecified atom stereocenters. The number of rotatable bonds is 7. The number of ether oxygens (including phenoxy) is 1. The molecule has 1 heteroatoms. The molecule has 0 aromatic heterocycles. The Morgan fingerprint density at radius 2 is 1.95 bits per heavy atom. The molecule has 1 aromatic carbocycles. The lowest BCUT2D eigenvalue weighted by atomic mass is 9.92. The molecule has 0 N–H and O–H groups in total. The van der Waals surface area contributed by atoms with Crippen LogP contribution in [0.25, 0.3) is 0 Å². The minimum Gasteiger partial charge on any atom is -0.493 e. The van der Waals surface area contributed by atoms with Crippen molar-refractivity contribution in [3.63, 3.8) is 0 Å². The molecule has 0 fully saturated rings. The van der Waals surface area contributed by atoms with Gasteiger partial charge in [0.25, 0.3) is 0 Å². The highest BCUT2D eigenvalue weighted by atomic mass is 16.5. The third-order valence-corrected chi connectivity index (χ3v) is 3.41. The second kappa shape index (κ2) is 8.04. The smallest absolute Gasteiger partial charge is 0.122 e. The summed E-state index contributed by atoms with van der Waals surface area (Å²) in [6, 6.07) is 6.68. The Morgan fingerprint density at radius 3 is 2.53 bits per heavy atom. The van der Waals surface area contributed by atoms with Gasteiger partial charge in [-0.05, 0) is 48.8 Å². The van der Waals surface area contributed by atoms with Crippen LogP contribution in [-0.4, -0.2) is 6.61 Å². The predicted molar refractivity (Wildman–Crippen MR) is 84.2 cm³/mol. The monoisotopic (exact) mass is 260 g/mol. The van der Waals surface area contributed by atoms with Gasteiger partial charge in [0.1, 0.15) is 5.75 Å². The Morgan fingerprint density at radius 1 is 1.21 bits per heavy atom. The first-order valence-electron chi connectivity index (χ1n) is 7.47. The molecule has 0 aliphatic carbocycles. The van der Waals surface area contributed by atoms with Crippen molar-refractivity contribution >= 4 is 0 Å². The molecule has 0 aliphatic rings. The van der Waals surface area contributed by atoms with Crippen molar-refractivity contribution in [2.75, 3.05) is 6.61 Å². The molecule has 1 atom stereocenters. The van der Waals surface area contributed by atoms with E-state index >= 15 is 0 Å². The summed E-state index contributed by atoms with van der Waals surface area (Å²) in [6.45, 7) is 11.8. The first-order chi connectivity index (χ1) is 9.10. The fraction of sp³-hybridized carbons (Fsp3) is 0.556. The minimum absolute atomic E-state index is 0.501. The number of allylic oxidation sites excluding steroid dienone is 2. The van der Waals surface area contributed by atoms with E-state index < -0.39 is 0 Å². The van der Waals surface area contributed by atoms with Gasteiger partial charge >= 0.3 is 0 Å². The quantitative estimate of drug-likeness (QED) is 0.574. The van der Waals surface area contributed by atoms with Gasteiger partial charge in [0.2, 0.25) is 0 Å². The zero-order chi connectivity index (χ0) is 14.3. The lowest BCUT2D eigenvalue weighted by Crippen LogP contribution is -2.02. The standard InChI is InChI=1S/C18H28O/c1-6-8-9-15(5)16-10-11-18(19-12-7-2)17(13-16)14(3)4/h6,8,10-11,13-15H,7,9,12H2,1-5H3/b8-6-. The molecule has 0 saturated heterocycles. The molecule has 106 valence electrons. The normalized spacial score (nSPS) is 13.2. The highest BCUT2D eigenvalue weighted by Crippen LogP contribution is 2.31. The second-order valence-corrected chi connectivity index (χ2v) is 5.51. The maximum atomic E-state index is 5.85. The SMILES string of the molecule is C/C=C\CC(C)c1ccc(OCCC)c(C(C)C)c1. The summed E-state index contributed by atoms with van der Waals surface area (Å²) < 4.78 is 5.85. The number of hydrogen-bond acceptors (Lipinski definition) is 1. The van der Waals surface area contributed by atoms with Crippen LogP contribution in [0, 0.1) is 0 Å². The van der Waals surface area contributed by atoms with Crippen molar-refractivity contribution in [2.24, 2.45) is 0 Å². The zero-order valence-corrected chi connectivity index (χ0v) is 13.1. The van der Waals surface area contributed by atoms with E-state index in [-0.39, 0.29) is 0 Å². The number of benzene rings is 1. The van der Waals surface area contributed by atoms with E-state index in [2.05, 4.69) is 65.0 Å². The van der Waals surface area contributed by atoms with Crippen molar-refractivity contribution in [1.29, 1.82) is 0 Å². The van der Waals surface area contributed by atoms with Crippen LogP contribution in [0.3, 0.4) is 0 Å². The summed E-state index contributed by atoms with van der Waals surface area (Å²) in [5.74, 6) is 2.12. The summed E-state index contributed by atoms with van der Waals surface area (Å²) in [5, 5.41) is 0. The van der Waals surface area contributed by atoms with Crippen molar-refractivity contribution in [3.8, 4) is 5.75 Å². The van der Waals surface area contributed by atoms with Crippen LogP contribution < -0.4 is 4.74 Å². The minimum atomic E-state index is 0.501. The lowest BCUT2D eigenvalue weighted by Gasteiger charge is -2.17. The van der Waals surface area contributed by atoms with Crippen LogP contribution in [0.5, 0.6) is 5.75 Å². The van der Waals surface area contributed by atoms with E-state index in [0.29, 0.717) is 11.8 Å². The Bertz CT molecular complexity index is 404. The van der Waals surface area contributed by atoms with Crippen molar-refractivity contribution in [3.05, 3.63) is 41.5 Å². The van der Waals surface area contributed by atoms with Crippen LogP contribution in [0.2, 0.25) is 0 Å². The van der Waals surface area contributed by atoms with E-state index in [1.165, 1.54) is 11.1 Å². The Labute approximate surface area is 118 Å². The molecule has 0 radical (unpaired) electrons. The highest BCUT2D eigenvalue weighted by Gasteiger charge is 2.11. The molecule has 0 spiro atoms. The average molecular weight is 260 g/mol. The molecule has 1 aromatic rings. The van der Waals surface area contributed by atoms with E-state index in [1.54, 1.807) is 0 Å². The van der Waals surface area contributed by atoms with E-state index in [1.807, 2.05) is 0 Å². The predicted octanol–water partition coefficient (Wildman–Crippen LogP) is 5.67. The van der Waals surface area contributed by atoms with Gasteiger partial charge in [0, 0.05) is 0 Å². The third kappa shape index (κ3) is 4.74. The third-order valence-electron chi connectivity index (χ3n) is 3.41. The first-order valence-corrected chi connectivity index (χ1v) is 7.47. The molecule has 0 saturated carbocycles. The molecule has 0 aliphatic heterocycles. The largest absolute Gasteiger partial charge is 0.493 e. The summed E-state index contributed by atoms with van der Waals surface area (Å²) in [7, 11) is 0. The van der Waals surface area contributed by atoms with Gasteiger partial charge in [-0.15, -0.1) is 0 Å². The van der Waals surface area contributed by atoms with Gasteiger partial charge in [-0.1, -0.05) is 52.0 Å². The molecule has 0 bridgehead atoms. The summed E-state index contributed by atoms with van der Waals surface area (Å²) >= 11 is 0. The summed E-state index contributed by atoms with van der Waals surface area (Å²) in [4.78, 5) is 0. The average Bonchev–Trinajstić information content (AvgIpc) is 2.42. The van der Waals surface area contributed by atoms with Crippen LogP contribution in [0.1, 0.15) is 70.4 Å². The second-order valence-electron chi connectivity index (χ2n) is 5.51. The molecule has 19 heavy (non-hydrogen) atoms. The summed E-state index contributed by atoms with van der Waals surface area (Å²) in [5.41, 5.74) is 2.74. The van der Waals surface area contributed by atoms with E-state index in [4.69, 9.17) is 4.74 Å². The fourth-order valence-corrected chi connectivity index (χ4v) is 2.14.